The van der Waals surface area contributed by atoms with Crippen LogP contribution in [-0.2, 0) is 0 Å². The van der Waals surface area contributed by atoms with Crippen molar-refractivity contribution >= 4 is 0 Å². The van der Waals surface area contributed by atoms with Gasteiger partial charge in [0.2, 0.25) is 0 Å². The Morgan fingerprint density at radius 1 is 1.33 bits per heavy atom. The van der Waals surface area contributed by atoms with Crippen LogP contribution in [0.25, 0.3) is 0 Å². The van der Waals surface area contributed by atoms with Gasteiger partial charge in [0.05, 0.1) is 12.0 Å². The Balaban J connectivity index is 2.46. The minimum Gasteiger partial charge on any atom is -0.244 e. The molecule has 1 heterocycles. The maximum atomic E-state index is 8.50. The van der Waals surface area contributed by atoms with E-state index in [4.69, 9.17) is 5.26 Å². The van der Waals surface area contributed by atoms with E-state index in [9.17, 15) is 0 Å². The molecule has 50 valence electrons. The van der Waals surface area contributed by atoms with Crippen molar-refractivity contribution in [3.63, 3.8) is 0 Å². The largest absolute Gasteiger partial charge is 0.244 e. The van der Waals surface area contributed by atoms with Crippen LogP contribution in [-0.4, -0.2) is 37.2 Å². The molecule has 0 atom stereocenters. The van der Waals surface area contributed by atoms with Crippen molar-refractivity contribution in [1.82, 2.24) is 10.0 Å². The second-order valence-electron chi connectivity index (χ2n) is 2.51. The minimum atomic E-state index is 0.208. The lowest BCUT2D eigenvalue weighted by Crippen LogP contribution is -2.28. The van der Waals surface area contributed by atoms with Gasteiger partial charge in [-0.05, 0) is 0 Å². The van der Waals surface area contributed by atoms with Gasteiger partial charge in [0, 0.05) is 27.2 Å². The van der Waals surface area contributed by atoms with Crippen LogP contribution in [0.3, 0.4) is 0 Å². The predicted molar refractivity (Wildman–Crippen MR) is 34.4 cm³/mol. The third-order valence-corrected chi connectivity index (χ3v) is 1.73. The lowest BCUT2D eigenvalue weighted by molar-refractivity contribution is 0.0894. The Hall–Kier alpha value is -0.590. The van der Waals surface area contributed by atoms with Crippen LogP contribution < -0.4 is 0 Å². The zero-order chi connectivity index (χ0) is 6.85. The van der Waals surface area contributed by atoms with Crippen LogP contribution in [0.15, 0.2) is 0 Å². The molecule has 9 heavy (non-hydrogen) atoms. The third kappa shape index (κ3) is 1.21. The molecule has 1 aliphatic heterocycles. The van der Waals surface area contributed by atoms with Crippen molar-refractivity contribution in [1.29, 1.82) is 5.26 Å². The van der Waals surface area contributed by atoms with Crippen LogP contribution in [0.2, 0.25) is 0 Å². The molecule has 0 aromatic rings. The van der Waals surface area contributed by atoms with Crippen LogP contribution in [0.4, 0.5) is 0 Å². The number of hydrazine groups is 1. The highest BCUT2D eigenvalue weighted by Gasteiger charge is 2.23. The Morgan fingerprint density at radius 3 is 2.00 bits per heavy atom. The average Bonchev–Trinajstić information content (AvgIpc) is 2.13. The SMILES string of the molecule is CN1CC(C#N)CN1C. The van der Waals surface area contributed by atoms with E-state index < -0.39 is 0 Å². The Bertz CT molecular complexity index is 128. The fourth-order valence-electron chi connectivity index (χ4n) is 1.06. The first-order valence-electron chi connectivity index (χ1n) is 3.06. The zero-order valence-electron chi connectivity index (χ0n) is 5.83. The van der Waals surface area contributed by atoms with Crippen molar-refractivity contribution in [3.05, 3.63) is 0 Å². The summed E-state index contributed by atoms with van der Waals surface area (Å²) in [5.74, 6) is 0.208. The molecule has 0 aromatic heterocycles. The van der Waals surface area contributed by atoms with Gasteiger partial charge < -0.3 is 0 Å². The van der Waals surface area contributed by atoms with Crippen molar-refractivity contribution in [3.8, 4) is 6.07 Å². The highest BCUT2D eigenvalue weighted by molar-refractivity contribution is 4.89. The molecule has 1 fully saturated rings. The monoisotopic (exact) mass is 125 g/mol. The molecule has 0 spiro atoms. The number of hydrogen-bond donors (Lipinski definition) is 0. The normalized spacial score (nSPS) is 24.6. The molecule has 0 amide bonds. The summed E-state index contributed by atoms with van der Waals surface area (Å²) in [7, 11) is 3.99. The van der Waals surface area contributed by atoms with Gasteiger partial charge in [0.1, 0.15) is 0 Å². The fourth-order valence-corrected chi connectivity index (χ4v) is 1.06. The molecule has 0 aromatic carbocycles. The van der Waals surface area contributed by atoms with Crippen LogP contribution >= 0.6 is 0 Å². The predicted octanol–water partition coefficient (Wildman–Crippen LogP) is -0.0816. The van der Waals surface area contributed by atoms with Gasteiger partial charge in [-0.1, -0.05) is 0 Å². The summed E-state index contributed by atoms with van der Waals surface area (Å²) in [6.07, 6.45) is 0. The third-order valence-electron chi connectivity index (χ3n) is 1.73. The topological polar surface area (TPSA) is 30.3 Å². The smallest absolute Gasteiger partial charge is 0.0745 e. The van der Waals surface area contributed by atoms with E-state index in [0.29, 0.717) is 0 Å². The number of hydrogen-bond acceptors (Lipinski definition) is 3. The van der Waals surface area contributed by atoms with Crippen molar-refractivity contribution in [2.75, 3.05) is 27.2 Å². The van der Waals surface area contributed by atoms with E-state index in [1.54, 1.807) is 0 Å². The highest BCUT2D eigenvalue weighted by Crippen LogP contribution is 2.10. The van der Waals surface area contributed by atoms with Gasteiger partial charge >= 0.3 is 0 Å². The van der Waals surface area contributed by atoms with Crippen LogP contribution in [0.1, 0.15) is 0 Å². The molecule has 1 rings (SSSR count). The lowest BCUT2D eigenvalue weighted by Gasteiger charge is -2.16. The van der Waals surface area contributed by atoms with E-state index in [2.05, 4.69) is 16.1 Å². The summed E-state index contributed by atoms with van der Waals surface area (Å²) in [5.41, 5.74) is 0. The molecule has 1 saturated heterocycles. The molecule has 0 radical (unpaired) electrons. The summed E-state index contributed by atoms with van der Waals surface area (Å²) in [6, 6.07) is 2.24. The van der Waals surface area contributed by atoms with E-state index >= 15 is 0 Å². The van der Waals surface area contributed by atoms with Gasteiger partial charge in [0.15, 0.2) is 0 Å². The molecular weight excluding hydrogens is 114 g/mol. The molecule has 3 nitrogen and oxygen atoms in total. The van der Waals surface area contributed by atoms with Gasteiger partial charge in [0.25, 0.3) is 0 Å². The second-order valence-corrected chi connectivity index (χ2v) is 2.51. The molecule has 0 unspecified atom stereocenters. The molecule has 0 saturated carbocycles. The zero-order valence-corrected chi connectivity index (χ0v) is 5.83. The number of nitrogens with zero attached hydrogens (tertiary/aromatic N) is 3. The summed E-state index contributed by atoms with van der Waals surface area (Å²) < 4.78 is 0. The van der Waals surface area contributed by atoms with Crippen molar-refractivity contribution < 1.29 is 0 Å². The van der Waals surface area contributed by atoms with Gasteiger partial charge in [-0.3, -0.25) is 0 Å². The quantitative estimate of drug-likeness (QED) is 0.453. The second kappa shape index (κ2) is 2.34. The number of nitriles is 1. The molecule has 0 bridgehead atoms. The van der Waals surface area contributed by atoms with Gasteiger partial charge in [-0.2, -0.15) is 5.26 Å². The van der Waals surface area contributed by atoms with E-state index in [1.807, 2.05) is 14.1 Å². The lowest BCUT2D eigenvalue weighted by atomic mass is 10.2. The van der Waals surface area contributed by atoms with Gasteiger partial charge in [-0.25, -0.2) is 10.0 Å². The molecule has 0 N–H and O–H groups in total. The minimum absolute atomic E-state index is 0.208. The van der Waals surface area contributed by atoms with Crippen LogP contribution in [0.5, 0.6) is 0 Å². The summed E-state index contributed by atoms with van der Waals surface area (Å²) in [5, 5.41) is 12.6. The summed E-state index contributed by atoms with van der Waals surface area (Å²) in [6.45, 7) is 1.76. The summed E-state index contributed by atoms with van der Waals surface area (Å²) in [4.78, 5) is 0. The molecular formula is C6H11N3. The Morgan fingerprint density at radius 2 is 1.78 bits per heavy atom. The maximum Gasteiger partial charge on any atom is 0.0745 e. The van der Waals surface area contributed by atoms with Crippen molar-refractivity contribution in [2.45, 2.75) is 0 Å². The molecule has 0 aliphatic carbocycles. The van der Waals surface area contributed by atoms with E-state index in [1.165, 1.54) is 0 Å². The standard InChI is InChI=1S/C6H11N3/c1-8-4-6(3-7)5-9(8)2/h6H,4-5H2,1-2H3. The van der Waals surface area contributed by atoms with Crippen LogP contribution in [0, 0.1) is 17.2 Å². The average molecular weight is 125 g/mol. The molecule has 1 aliphatic rings. The molecule has 3 heteroatoms. The summed E-state index contributed by atoms with van der Waals surface area (Å²) >= 11 is 0. The first-order chi connectivity index (χ1) is 4.24. The fraction of sp³-hybridized carbons (Fsp3) is 0.833. The van der Waals surface area contributed by atoms with Crippen molar-refractivity contribution in [2.24, 2.45) is 5.92 Å². The Labute approximate surface area is 55.4 Å². The first kappa shape index (κ1) is 6.53. The van der Waals surface area contributed by atoms with Gasteiger partial charge in [-0.15, -0.1) is 0 Å². The van der Waals surface area contributed by atoms with E-state index in [-0.39, 0.29) is 5.92 Å². The first-order valence-corrected chi connectivity index (χ1v) is 3.06. The maximum absolute atomic E-state index is 8.50. The van der Waals surface area contributed by atoms with E-state index in [0.717, 1.165) is 13.1 Å². The Kier molecular flexibility index (Phi) is 1.70. The number of rotatable bonds is 0. The highest BCUT2D eigenvalue weighted by atomic mass is 15.6.